The molecule has 0 bridgehead atoms. The van der Waals surface area contributed by atoms with E-state index < -0.39 is 38.2 Å². The van der Waals surface area contributed by atoms with E-state index in [0.717, 1.165) is 27.2 Å². The summed E-state index contributed by atoms with van der Waals surface area (Å²) in [4.78, 5) is 2.99. The Balaban J connectivity index is 1.68. The van der Waals surface area contributed by atoms with Crippen molar-refractivity contribution in [1.82, 2.24) is 0 Å². The minimum Gasteiger partial charge on any atom is -0.483 e. The summed E-state index contributed by atoms with van der Waals surface area (Å²) in [5.74, 6) is -0.799. The molecular formula is C31H37F2O6S2+. The van der Waals surface area contributed by atoms with Crippen molar-refractivity contribution in [2.24, 2.45) is 0 Å². The lowest BCUT2D eigenvalue weighted by molar-refractivity contribution is -0.176. The minimum absolute atomic E-state index is 0.0108. The molecule has 1 N–H and O–H groups in total. The van der Waals surface area contributed by atoms with Crippen LogP contribution in [0.2, 0.25) is 0 Å². The van der Waals surface area contributed by atoms with E-state index in [4.69, 9.17) is 18.8 Å². The number of rotatable bonds is 8. The number of alkyl halides is 2. The molecule has 0 radical (unpaired) electrons. The van der Waals surface area contributed by atoms with Gasteiger partial charge in [-0.05, 0) is 99.3 Å². The number of hydrogen-bond donors (Lipinski definition) is 1. The van der Waals surface area contributed by atoms with E-state index in [9.17, 15) is 17.2 Å². The van der Waals surface area contributed by atoms with Gasteiger partial charge in [0.1, 0.15) is 5.75 Å². The molecule has 10 heteroatoms. The summed E-state index contributed by atoms with van der Waals surface area (Å²) in [5.41, 5.74) is 1.70. The number of hydrogen-bond acceptors (Lipinski definition) is 5. The van der Waals surface area contributed by atoms with Crippen LogP contribution in [0.5, 0.6) is 5.75 Å². The number of halogens is 2. The second kappa shape index (κ2) is 11.0. The normalized spacial score (nSPS) is 20.9. The van der Waals surface area contributed by atoms with Crippen LogP contribution >= 0.6 is 0 Å². The molecule has 3 aromatic carbocycles. The second-order valence-electron chi connectivity index (χ2n) is 12.0. The molecule has 0 amide bonds. The lowest BCUT2D eigenvalue weighted by Gasteiger charge is -2.26. The van der Waals surface area contributed by atoms with Crippen molar-refractivity contribution in [3.05, 3.63) is 83.9 Å². The topological polar surface area (TPSA) is 82.1 Å². The molecule has 0 spiro atoms. The third-order valence-electron chi connectivity index (χ3n) is 6.93. The highest BCUT2D eigenvalue weighted by Crippen LogP contribution is 2.40. The molecule has 3 atom stereocenters. The fraction of sp³-hybridized carbons (Fsp3) is 0.419. The van der Waals surface area contributed by atoms with Gasteiger partial charge in [-0.2, -0.15) is 17.2 Å². The van der Waals surface area contributed by atoms with Gasteiger partial charge in [-0.25, -0.2) is 0 Å². The average Bonchev–Trinajstić information content (AvgIpc) is 3.18. The van der Waals surface area contributed by atoms with Crippen molar-refractivity contribution in [2.75, 3.05) is 6.61 Å². The molecule has 4 rings (SSSR count). The fourth-order valence-corrected chi connectivity index (χ4v) is 7.08. The first-order valence-corrected chi connectivity index (χ1v) is 15.9. The zero-order chi connectivity index (χ0) is 30.4. The lowest BCUT2D eigenvalue weighted by atomic mass is 9.87. The quantitative estimate of drug-likeness (QED) is 0.213. The standard InChI is InChI=1S/C31H36F2O6S2/c1-21(31(32,33)41(34,35)36)38-24-12-18-27(19-13-24)40(25-14-8-22(9-15-25)28(2,3)4)26-16-10-23(11-17-26)30(7)37-20-29(5,6)39-30/h8-19,21H,20H2,1-7H3/p+1. The van der Waals surface area contributed by atoms with Gasteiger partial charge in [0, 0.05) is 5.56 Å². The molecule has 6 nitrogen and oxygen atoms in total. The van der Waals surface area contributed by atoms with E-state index in [0.29, 0.717) is 6.61 Å². The van der Waals surface area contributed by atoms with E-state index in [1.165, 1.54) is 17.7 Å². The van der Waals surface area contributed by atoms with Crippen molar-refractivity contribution in [2.45, 2.75) is 91.3 Å². The molecule has 1 heterocycles. The zero-order valence-electron chi connectivity index (χ0n) is 24.3. The minimum atomic E-state index is -5.63. The van der Waals surface area contributed by atoms with Gasteiger partial charge < -0.3 is 14.2 Å². The number of ether oxygens (including phenoxy) is 3. The fourth-order valence-electron chi connectivity index (χ4n) is 4.57. The molecule has 0 aromatic heterocycles. The Labute approximate surface area is 244 Å². The van der Waals surface area contributed by atoms with E-state index in [1.54, 1.807) is 12.1 Å². The Hall–Kier alpha value is -2.50. The van der Waals surface area contributed by atoms with Crippen LogP contribution in [0.4, 0.5) is 8.78 Å². The van der Waals surface area contributed by atoms with Gasteiger partial charge in [0.05, 0.1) is 23.1 Å². The molecule has 3 aromatic rings. The van der Waals surface area contributed by atoms with Gasteiger partial charge in [0.25, 0.3) is 0 Å². The molecule has 1 aliphatic heterocycles. The summed E-state index contributed by atoms with van der Waals surface area (Å²) in [7, 11) is -6.19. The Morgan fingerprint density at radius 3 is 1.76 bits per heavy atom. The van der Waals surface area contributed by atoms with E-state index >= 15 is 0 Å². The molecule has 222 valence electrons. The third kappa shape index (κ3) is 6.78. The summed E-state index contributed by atoms with van der Waals surface area (Å²) < 4.78 is 76.5. The molecule has 3 unspecified atom stereocenters. The van der Waals surface area contributed by atoms with Gasteiger partial charge >= 0.3 is 15.4 Å². The van der Waals surface area contributed by atoms with Gasteiger partial charge in [0.2, 0.25) is 0 Å². The number of benzene rings is 3. The maximum atomic E-state index is 14.0. The van der Waals surface area contributed by atoms with Gasteiger partial charge in [0.15, 0.2) is 26.6 Å². The Morgan fingerprint density at radius 2 is 1.34 bits per heavy atom. The maximum absolute atomic E-state index is 14.0. The van der Waals surface area contributed by atoms with Crippen LogP contribution in [0.15, 0.2) is 87.5 Å². The van der Waals surface area contributed by atoms with Crippen molar-refractivity contribution in [1.29, 1.82) is 0 Å². The van der Waals surface area contributed by atoms with Crippen molar-refractivity contribution < 1.29 is 36.0 Å². The van der Waals surface area contributed by atoms with Crippen molar-refractivity contribution >= 4 is 21.0 Å². The zero-order valence-corrected chi connectivity index (χ0v) is 25.9. The SMILES string of the molecule is CC(Oc1ccc([S+](c2ccc(C(C)(C)C)cc2)c2ccc(C3(C)OCC(C)(C)O3)cc2)cc1)C(F)(F)S(=O)(=O)O. The molecule has 41 heavy (non-hydrogen) atoms. The Bertz CT molecular complexity index is 1460. The highest BCUT2D eigenvalue weighted by molar-refractivity contribution is 7.97. The van der Waals surface area contributed by atoms with Gasteiger partial charge in [-0.1, -0.05) is 32.9 Å². The predicted molar refractivity (Wildman–Crippen MR) is 155 cm³/mol. The Morgan fingerprint density at radius 1 is 0.878 bits per heavy atom. The maximum Gasteiger partial charge on any atom is 0.405 e. The smallest absolute Gasteiger partial charge is 0.405 e. The molecule has 1 aliphatic rings. The molecule has 1 saturated heterocycles. The molecule has 1 fully saturated rings. The van der Waals surface area contributed by atoms with E-state index in [2.05, 4.69) is 45.0 Å². The monoisotopic (exact) mass is 607 g/mol. The van der Waals surface area contributed by atoms with E-state index in [-0.39, 0.29) is 16.8 Å². The predicted octanol–water partition coefficient (Wildman–Crippen LogP) is 7.33. The van der Waals surface area contributed by atoms with Crippen molar-refractivity contribution in [3.63, 3.8) is 0 Å². The summed E-state index contributed by atoms with van der Waals surface area (Å²) in [6.07, 6.45) is -2.09. The first kappa shape index (κ1) is 31.4. The Kier molecular flexibility index (Phi) is 8.41. The molecule has 0 aliphatic carbocycles. The third-order valence-corrected chi connectivity index (χ3v) is 10.2. The first-order chi connectivity index (χ1) is 18.8. The molecular weight excluding hydrogens is 570 g/mol. The highest BCUT2D eigenvalue weighted by Gasteiger charge is 2.51. The van der Waals surface area contributed by atoms with Crippen LogP contribution in [0, 0.1) is 0 Å². The summed E-state index contributed by atoms with van der Waals surface area (Å²) in [5, 5.41) is -4.45. The highest BCUT2D eigenvalue weighted by atomic mass is 32.2. The van der Waals surface area contributed by atoms with Crippen LogP contribution in [0.1, 0.15) is 59.6 Å². The van der Waals surface area contributed by atoms with Gasteiger partial charge in [-0.3, -0.25) is 4.55 Å². The van der Waals surface area contributed by atoms with Gasteiger partial charge in [-0.15, -0.1) is 0 Å². The summed E-state index contributed by atoms with van der Waals surface area (Å²) in [6.45, 7) is 13.7. The summed E-state index contributed by atoms with van der Waals surface area (Å²) in [6, 6.07) is 23.1. The van der Waals surface area contributed by atoms with Crippen LogP contribution < -0.4 is 4.74 Å². The molecule has 0 saturated carbocycles. The van der Waals surface area contributed by atoms with Crippen LogP contribution in [0.3, 0.4) is 0 Å². The van der Waals surface area contributed by atoms with E-state index in [1.807, 2.05) is 45.0 Å². The lowest BCUT2D eigenvalue weighted by Crippen LogP contribution is -2.42. The van der Waals surface area contributed by atoms with Crippen LogP contribution in [0.25, 0.3) is 0 Å². The second-order valence-corrected chi connectivity index (χ2v) is 15.5. The average molecular weight is 608 g/mol. The van der Waals surface area contributed by atoms with Crippen molar-refractivity contribution in [3.8, 4) is 5.75 Å². The van der Waals surface area contributed by atoms with Crippen LogP contribution in [-0.4, -0.2) is 36.5 Å². The summed E-state index contributed by atoms with van der Waals surface area (Å²) >= 11 is 0. The first-order valence-electron chi connectivity index (χ1n) is 13.2. The largest absolute Gasteiger partial charge is 0.483 e. The van der Waals surface area contributed by atoms with Crippen LogP contribution in [-0.2, 0) is 41.7 Å².